The first kappa shape index (κ1) is 15.0. The van der Waals surface area contributed by atoms with E-state index in [2.05, 4.69) is 5.32 Å². The summed E-state index contributed by atoms with van der Waals surface area (Å²) in [5.41, 5.74) is 0. The molecule has 1 saturated heterocycles. The zero-order chi connectivity index (χ0) is 13.5. The Morgan fingerprint density at radius 3 is 2.78 bits per heavy atom. The van der Waals surface area contributed by atoms with Gasteiger partial charge in [-0.05, 0) is 18.8 Å². The summed E-state index contributed by atoms with van der Waals surface area (Å²) >= 11 is 0. The van der Waals surface area contributed by atoms with E-state index < -0.39 is 0 Å². The third-order valence-corrected chi connectivity index (χ3v) is 3.21. The van der Waals surface area contributed by atoms with Crippen LogP contribution in [0.15, 0.2) is 0 Å². The van der Waals surface area contributed by atoms with E-state index in [9.17, 15) is 9.59 Å². The standard InChI is InChI=1S/C13H24N2O3/c1-10(2)13(17)14-7-12(16)15-6-4-5-11(8-15)9-18-3/h10-11H,4-9H2,1-3H3,(H,14,17). The summed E-state index contributed by atoms with van der Waals surface area (Å²) in [5, 5.41) is 2.66. The Bertz CT molecular complexity index is 290. The van der Waals surface area contributed by atoms with Crippen molar-refractivity contribution in [2.24, 2.45) is 11.8 Å². The average molecular weight is 256 g/mol. The number of methoxy groups -OCH3 is 1. The van der Waals surface area contributed by atoms with Crippen molar-refractivity contribution in [1.82, 2.24) is 10.2 Å². The first-order valence-electron chi connectivity index (χ1n) is 6.59. The Kier molecular flexibility index (Phi) is 6.12. The number of carbonyl (C=O) groups is 2. The van der Waals surface area contributed by atoms with Gasteiger partial charge in [-0.1, -0.05) is 13.8 Å². The predicted molar refractivity (Wildman–Crippen MR) is 69.0 cm³/mol. The molecule has 1 aliphatic heterocycles. The van der Waals surface area contributed by atoms with E-state index in [0.29, 0.717) is 12.5 Å². The summed E-state index contributed by atoms with van der Waals surface area (Å²) in [4.78, 5) is 25.2. The Labute approximate surface area is 109 Å². The molecule has 0 aromatic rings. The quantitative estimate of drug-likeness (QED) is 0.785. The zero-order valence-electron chi connectivity index (χ0n) is 11.6. The molecule has 18 heavy (non-hydrogen) atoms. The number of ether oxygens (including phenoxy) is 1. The van der Waals surface area contributed by atoms with Crippen LogP contribution in [0.3, 0.4) is 0 Å². The van der Waals surface area contributed by atoms with Gasteiger partial charge in [0.2, 0.25) is 11.8 Å². The number of nitrogens with one attached hydrogen (secondary N) is 1. The van der Waals surface area contributed by atoms with Crippen LogP contribution in [-0.4, -0.2) is 50.1 Å². The van der Waals surface area contributed by atoms with Crippen molar-refractivity contribution in [3.63, 3.8) is 0 Å². The van der Waals surface area contributed by atoms with Gasteiger partial charge >= 0.3 is 0 Å². The maximum atomic E-state index is 11.9. The normalized spacial score (nSPS) is 20.0. The largest absolute Gasteiger partial charge is 0.384 e. The number of hydrogen-bond donors (Lipinski definition) is 1. The fourth-order valence-electron chi connectivity index (χ4n) is 2.14. The maximum absolute atomic E-state index is 11.9. The Morgan fingerprint density at radius 1 is 1.44 bits per heavy atom. The van der Waals surface area contributed by atoms with Gasteiger partial charge in [0.1, 0.15) is 0 Å². The molecule has 1 rings (SSSR count). The lowest BCUT2D eigenvalue weighted by atomic mass is 9.99. The van der Waals surface area contributed by atoms with Crippen LogP contribution < -0.4 is 5.32 Å². The van der Waals surface area contributed by atoms with E-state index in [4.69, 9.17) is 4.74 Å². The summed E-state index contributed by atoms with van der Waals surface area (Å²) in [6.45, 7) is 5.96. The molecule has 0 spiro atoms. The van der Waals surface area contributed by atoms with Crippen LogP contribution in [0.2, 0.25) is 0 Å². The van der Waals surface area contributed by atoms with Crippen LogP contribution >= 0.6 is 0 Å². The summed E-state index contributed by atoms with van der Waals surface area (Å²) in [6, 6.07) is 0. The Morgan fingerprint density at radius 2 is 2.17 bits per heavy atom. The number of nitrogens with zero attached hydrogens (tertiary/aromatic N) is 1. The fourth-order valence-corrected chi connectivity index (χ4v) is 2.14. The van der Waals surface area contributed by atoms with Crippen molar-refractivity contribution < 1.29 is 14.3 Å². The summed E-state index contributed by atoms with van der Waals surface area (Å²) < 4.78 is 5.13. The molecule has 104 valence electrons. The van der Waals surface area contributed by atoms with Crippen LogP contribution in [-0.2, 0) is 14.3 Å². The molecule has 1 N–H and O–H groups in total. The molecular formula is C13H24N2O3. The molecule has 0 aromatic carbocycles. The third-order valence-electron chi connectivity index (χ3n) is 3.21. The Balaban J connectivity index is 2.34. The van der Waals surface area contributed by atoms with Crippen molar-refractivity contribution in [2.75, 3.05) is 33.4 Å². The Hall–Kier alpha value is -1.10. The number of carbonyl (C=O) groups excluding carboxylic acids is 2. The lowest BCUT2D eigenvalue weighted by Crippen LogP contribution is -2.46. The lowest BCUT2D eigenvalue weighted by Gasteiger charge is -2.32. The van der Waals surface area contributed by atoms with Gasteiger partial charge in [-0.3, -0.25) is 9.59 Å². The zero-order valence-corrected chi connectivity index (χ0v) is 11.6. The van der Waals surface area contributed by atoms with Gasteiger partial charge in [0.25, 0.3) is 0 Å². The van der Waals surface area contributed by atoms with Gasteiger partial charge in [0, 0.05) is 26.1 Å². The van der Waals surface area contributed by atoms with Crippen molar-refractivity contribution >= 4 is 11.8 Å². The molecule has 1 atom stereocenters. The molecule has 1 unspecified atom stereocenters. The monoisotopic (exact) mass is 256 g/mol. The van der Waals surface area contributed by atoms with Gasteiger partial charge in [0.05, 0.1) is 13.2 Å². The number of rotatable bonds is 5. The maximum Gasteiger partial charge on any atom is 0.241 e. The van der Waals surface area contributed by atoms with E-state index in [0.717, 1.165) is 25.9 Å². The van der Waals surface area contributed by atoms with Gasteiger partial charge in [0.15, 0.2) is 0 Å². The molecule has 1 heterocycles. The summed E-state index contributed by atoms with van der Waals surface area (Å²) in [6.07, 6.45) is 2.12. The van der Waals surface area contributed by atoms with Crippen LogP contribution in [0.4, 0.5) is 0 Å². The van der Waals surface area contributed by atoms with Crippen LogP contribution in [0.25, 0.3) is 0 Å². The number of hydrogen-bond acceptors (Lipinski definition) is 3. The SMILES string of the molecule is COCC1CCCN(C(=O)CNC(=O)C(C)C)C1. The molecule has 0 aliphatic carbocycles. The molecule has 0 aromatic heterocycles. The first-order chi connectivity index (χ1) is 8.54. The lowest BCUT2D eigenvalue weighted by molar-refractivity contribution is -0.135. The summed E-state index contributed by atoms with van der Waals surface area (Å²) in [5.74, 6) is 0.271. The summed E-state index contributed by atoms with van der Waals surface area (Å²) in [7, 11) is 1.68. The van der Waals surface area contributed by atoms with Crippen molar-refractivity contribution in [1.29, 1.82) is 0 Å². The molecule has 0 bridgehead atoms. The molecule has 2 amide bonds. The van der Waals surface area contributed by atoms with Crippen LogP contribution in [0, 0.1) is 11.8 Å². The number of amides is 2. The molecule has 5 heteroatoms. The molecule has 5 nitrogen and oxygen atoms in total. The molecular weight excluding hydrogens is 232 g/mol. The second-order valence-corrected chi connectivity index (χ2v) is 5.18. The van der Waals surface area contributed by atoms with Gasteiger partial charge in [-0.2, -0.15) is 0 Å². The molecule has 0 radical (unpaired) electrons. The number of likely N-dealkylation sites (tertiary alicyclic amines) is 1. The average Bonchev–Trinajstić information content (AvgIpc) is 2.36. The van der Waals surface area contributed by atoms with Gasteiger partial charge in [-0.15, -0.1) is 0 Å². The van der Waals surface area contributed by atoms with E-state index in [1.807, 2.05) is 18.7 Å². The minimum absolute atomic E-state index is 0.00445. The van der Waals surface area contributed by atoms with Crippen LogP contribution in [0.5, 0.6) is 0 Å². The molecule has 1 aliphatic rings. The minimum Gasteiger partial charge on any atom is -0.384 e. The van der Waals surface area contributed by atoms with Gasteiger partial charge in [-0.25, -0.2) is 0 Å². The highest BCUT2D eigenvalue weighted by Gasteiger charge is 2.23. The van der Waals surface area contributed by atoms with Crippen LogP contribution in [0.1, 0.15) is 26.7 Å². The second kappa shape index (κ2) is 7.36. The van der Waals surface area contributed by atoms with Crippen molar-refractivity contribution in [3.05, 3.63) is 0 Å². The highest BCUT2D eigenvalue weighted by molar-refractivity contribution is 5.85. The van der Waals surface area contributed by atoms with E-state index >= 15 is 0 Å². The third kappa shape index (κ3) is 4.64. The fraction of sp³-hybridized carbons (Fsp3) is 0.846. The minimum atomic E-state index is -0.0830. The molecule has 1 fully saturated rings. The number of piperidine rings is 1. The first-order valence-corrected chi connectivity index (χ1v) is 6.59. The highest BCUT2D eigenvalue weighted by Crippen LogP contribution is 2.16. The second-order valence-electron chi connectivity index (χ2n) is 5.18. The van der Waals surface area contributed by atoms with E-state index in [1.165, 1.54) is 0 Å². The molecule has 0 saturated carbocycles. The van der Waals surface area contributed by atoms with E-state index in [-0.39, 0.29) is 24.3 Å². The van der Waals surface area contributed by atoms with Crippen molar-refractivity contribution in [3.8, 4) is 0 Å². The van der Waals surface area contributed by atoms with Crippen molar-refractivity contribution in [2.45, 2.75) is 26.7 Å². The highest BCUT2D eigenvalue weighted by atomic mass is 16.5. The predicted octanol–water partition coefficient (Wildman–Crippen LogP) is 0.644. The smallest absolute Gasteiger partial charge is 0.241 e. The van der Waals surface area contributed by atoms with E-state index in [1.54, 1.807) is 7.11 Å². The van der Waals surface area contributed by atoms with Gasteiger partial charge < -0.3 is 15.0 Å². The topological polar surface area (TPSA) is 58.6 Å².